The molecule has 0 unspecified atom stereocenters. The Hall–Kier alpha value is -2.41. The van der Waals surface area contributed by atoms with E-state index in [1.165, 1.54) is 5.69 Å². The molecule has 128 valence electrons. The molecule has 0 N–H and O–H groups in total. The van der Waals surface area contributed by atoms with Gasteiger partial charge in [-0.1, -0.05) is 12.1 Å². The zero-order chi connectivity index (χ0) is 16.9. The average molecular weight is 329 g/mol. The summed E-state index contributed by atoms with van der Waals surface area (Å²) in [7, 11) is 0. The van der Waals surface area contributed by atoms with Crippen molar-refractivity contribution in [1.29, 1.82) is 0 Å². The molecule has 0 bridgehead atoms. The van der Waals surface area contributed by atoms with Crippen LogP contribution >= 0.6 is 0 Å². The van der Waals surface area contributed by atoms with Gasteiger partial charge in [0.05, 0.1) is 4.92 Å². The summed E-state index contributed by atoms with van der Waals surface area (Å²) in [6.07, 6.45) is 2.84. The maximum Gasteiger partial charge on any atom is 0.292 e. The van der Waals surface area contributed by atoms with Crippen LogP contribution in [0.5, 0.6) is 0 Å². The minimum Gasteiger partial charge on any atom is -0.363 e. The quantitative estimate of drug-likeness (QED) is 0.600. The van der Waals surface area contributed by atoms with Gasteiger partial charge in [0.2, 0.25) is 0 Å². The first-order chi connectivity index (χ1) is 11.7. The highest BCUT2D eigenvalue weighted by atomic mass is 16.6. The van der Waals surface area contributed by atoms with Crippen molar-refractivity contribution in [2.45, 2.75) is 19.9 Å². The van der Waals surface area contributed by atoms with Crippen LogP contribution in [0.25, 0.3) is 0 Å². The summed E-state index contributed by atoms with van der Waals surface area (Å²) in [4.78, 5) is 15.4. The first kappa shape index (κ1) is 16.4. The van der Waals surface area contributed by atoms with Gasteiger partial charge in [0.1, 0.15) is 5.69 Å². The van der Waals surface area contributed by atoms with E-state index in [1.807, 2.05) is 23.0 Å². The molecule has 7 nitrogen and oxygen atoms in total. The van der Waals surface area contributed by atoms with Crippen LogP contribution in [0.2, 0.25) is 0 Å². The van der Waals surface area contributed by atoms with Gasteiger partial charge in [-0.3, -0.25) is 19.7 Å². The van der Waals surface area contributed by atoms with Crippen molar-refractivity contribution in [3.63, 3.8) is 0 Å². The van der Waals surface area contributed by atoms with E-state index in [0.717, 1.165) is 51.4 Å². The van der Waals surface area contributed by atoms with Gasteiger partial charge in [-0.15, -0.1) is 0 Å². The summed E-state index contributed by atoms with van der Waals surface area (Å²) in [5.74, 6) is 0. The summed E-state index contributed by atoms with van der Waals surface area (Å²) in [6, 6.07) is 9.07. The minimum absolute atomic E-state index is 0.192. The van der Waals surface area contributed by atoms with E-state index in [2.05, 4.69) is 27.9 Å². The lowest BCUT2D eigenvalue weighted by Gasteiger charge is -2.35. The van der Waals surface area contributed by atoms with Gasteiger partial charge >= 0.3 is 0 Å². The van der Waals surface area contributed by atoms with Crippen molar-refractivity contribution >= 4 is 11.4 Å². The zero-order valence-corrected chi connectivity index (χ0v) is 14.0. The zero-order valence-electron chi connectivity index (χ0n) is 14.0. The molecule has 7 heteroatoms. The minimum atomic E-state index is -0.298. The third-order valence-corrected chi connectivity index (χ3v) is 4.58. The van der Waals surface area contributed by atoms with Crippen LogP contribution < -0.4 is 4.90 Å². The number of benzene rings is 1. The number of aromatic nitrogens is 2. The van der Waals surface area contributed by atoms with Crippen LogP contribution in [0.15, 0.2) is 36.5 Å². The fourth-order valence-electron chi connectivity index (χ4n) is 3.23. The molecule has 3 rings (SSSR count). The van der Waals surface area contributed by atoms with Gasteiger partial charge in [0.25, 0.3) is 5.69 Å². The normalized spacial score (nSPS) is 15.6. The van der Waals surface area contributed by atoms with E-state index in [0.29, 0.717) is 0 Å². The fourth-order valence-corrected chi connectivity index (χ4v) is 3.23. The van der Waals surface area contributed by atoms with E-state index in [9.17, 15) is 10.1 Å². The second-order valence-electron chi connectivity index (χ2n) is 5.96. The highest BCUT2D eigenvalue weighted by molar-refractivity contribution is 5.63. The monoisotopic (exact) mass is 329 g/mol. The van der Waals surface area contributed by atoms with E-state index in [-0.39, 0.29) is 10.6 Å². The molecule has 2 aromatic rings. The largest absolute Gasteiger partial charge is 0.363 e. The number of piperazine rings is 1. The van der Waals surface area contributed by atoms with Gasteiger partial charge in [-0.05, 0) is 19.1 Å². The molecule has 0 amide bonds. The lowest BCUT2D eigenvalue weighted by atomic mass is 10.2. The molecule has 1 aliphatic heterocycles. The molecule has 0 spiro atoms. The molecule has 24 heavy (non-hydrogen) atoms. The van der Waals surface area contributed by atoms with Crippen LogP contribution in [-0.2, 0) is 13.0 Å². The average Bonchev–Trinajstić information content (AvgIpc) is 3.08. The first-order valence-corrected chi connectivity index (χ1v) is 8.40. The number of nitrogens with zero attached hydrogens (tertiary/aromatic N) is 5. The molecular formula is C17H23N5O2. The molecule has 0 aliphatic carbocycles. The summed E-state index contributed by atoms with van der Waals surface area (Å²) >= 11 is 0. The lowest BCUT2D eigenvalue weighted by molar-refractivity contribution is -0.384. The number of hydrogen-bond donors (Lipinski definition) is 0. The van der Waals surface area contributed by atoms with Crippen LogP contribution in [0.4, 0.5) is 11.4 Å². The first-order valence-electron chi connectivity index (χ1n) is 8.40. The number of hydrogen-bond acceptors (Lipinski definition) is 5. The molecule has 1 fully saturated rings. The number of nitro groups is 1. The predicted molar refractivity (Wildman–Crippen MR) is 93.4 cm³/mol. The molecule has 2 heterocycles. The Morgan fingerprint density at radius 3 is 2.62 bits per heavy atom. The summed E-state index contributed by atoms with van der Waals surface area (Å²) in [5, 5.41) is 15.5. The van der Waals surface area contributed by atoms with Crippen molar-refractivity contribution in [2.24, 2.45) is 0 Å². The maximum atomic E-state index is 11.2. The molecule has 1 aromatic carbocycles. The maximum absolute atomic E-state index is 11.2. The van der Waals surface area contributed by atoms with Gasteiger partial charge in [0.15, 0.2) is 0 Å². The molecule has 1 saturated heterocycles. The molecule has 0 radical (unpaired) electrons. The number of aryl methyl sites for hydroxylation is 1. The molecule has 0 saturated carbocycles. The molecule has 1 aromatic heterocycles. The highest BCUT2D eigenvalue weighted by Gasteiger charge is 2.23. The number of para-hydroxylation sites is 2. The van der Waals surface area contributed by atoms with E-state index in [1.54, 1.807) is 12.1 Å². The van der Waals surface area contributed by atoms with Crippen LogP contribution in [0, 0.1) is 10.1 Å². The lowest BCUT2D eigenvalue weighted by Crippen LogP contribution is -2.47. The van der Waals surface area contributed by atoms with E-state index >= 15 is 0 Å². The topological polar surface area (TPSA) is 67.4 Å². The predicted octanol–water partition coefficient (Wildman–Crippen LogP) is 2.18. The third-order valence-electron chi connectivity index (χ3n) is 4.58. The Labute approximate surface area is 141 Å². The Morgan fingerprint density at radius 2 is 1.92 bits per heavy atom. The second kappa shape index (κ2) is 7.44. The fraction of sp³-hybridized carbons (Fsp3) is 0.471. The molecule has 0 atom stereocenters. The van der Waals surface area contributed by atoms with Crippen molar-refractivity contribution in [2.75, 3.05) is 37.6 Å². The van der Waals surface area contributed by atoms with Gasteiger partial charge in [-0.2, -0.15) is 5.10 Å². The number of nitro benzene ring substituents is 1. The van der Waals surface area contributed by atoms with Gasteiger partial charge in [0, 0.05) is 63.6 Å². The molecule has 1 aliphatic rings. The van der Waals surface area contributed by atoms with Gasteiger partial charge < -0.3 is 4.90 Å². The number of rotatable bonds is 6. The Bertz CT molecular complexity index is 692. The third kappa shape index (κ3) is 3.56. The molecular weight excluding hydrogens is 306 g/mol. The van der Waals surface area contributed by atoms with Crippen molar-refractivity contribution in [1.82, 2.24) is 14.7 Å². The van der Waals surface area contributed by atoms with E-state index < -0.39 is 0 Å². The van der Waals surface area contributed by atoms with Crippen LogP contribution in [-0.4, -0.2) is 52.3 Å². The smallest absolute Gasteiger partial charge is 0.292 e. The summed E-state index contributed by atoms with van der Waals surface area (Å²) in [6.45, 7) is 7.47. The Kier molecular flexibility index (Phi) is 5.10. The summed E-state index contributed by atoms with van der Waals surface area (Å²) in [5.41, 5.74) is 2.18. The van der Waals surface area contributed by atoms with Gasteiger partial charge in [-0.25, -0.2) is 0 Å². The van der Waals surface area contributed by atoms with Crippen molar-refractivity contribution in [3.8, 4) is 0 Å². The van der Waals surface area contributed by atoms with Crippen LogP contribution in [0.3, 0.4) is 0 Å². The number of anilines is 1. The standard InChI is InChI=1S/C17H23N5O2/c1-2-21-15(7-9-18-21)8-10-19-11-13-20(14-12-19)16-5-3-4-6-17(16)22(23)24/h3-7,9H,2,8,10-14H2,1H3. The Balaban J connectivity index is 1.55. The van der Waals surface area contributed by atoms with Crippen molar-refractivity contribution in [3.05, 3.63) is 52.3 Å². The Morgan fingerprint density at radius 1 is 1.17 bits per heavy atom. The summed E-state index contributed by atoms with van der Waals surface area (Å²) < 4.78 is 2.03. The highest BCUT2D eigenvalue weighted by Crippen LogP contribution is 2.28. The van der Waals surface area contributed by atoms with E-state index in [4.69, 9.17) is 0 Å². The van der Waals surface area contributed by atoms with Crippen LogP contribution in [0.1, 0.15) is 12.6 Å². The second-order valence-corrected chi connectivity index (χ2v) is 5.96. The van der Waals surface area contributed by atoms with Crippen molar-refractivity contribution < 1.29 is 4.92 Å². The SMILES string of the molecule is CCn1nccc1CCN1CCN(c2ccccc2[N+](=O)[O-])CC1.